The number of hydrogen-bond donors (Lipinski definition) is 1. The minimum absolute atomic E-state index is 0.0653. The predicted molar refractivity (Wildman–Crippen MR) is 124 cm³/mol. The highest BCUT2D eigenvalue weighted by Crippen LogP contribution is 2.37. The Morgan fingerprint density at radius 2 is 1.88 bits per heavy atom. The van der Waals surface area contributed by atoms with E-state index < -0.39 is 6.10 Å². The van der Waals surface area contributed by atoms with Crippen LogP contribution in [0.5, 0.6) is 11.5 Å². The maximum absolute atomic E-state index is 14.2. The van der Waals surface area contributed by atoms with E-state index in [1.807, 2.05) is 31.2 Å². The Bertz CT molecular complexity index is 1160. The molecule has 1 atom stereocenters. The van der Waals surface area contributed by atoms with Gasteiger partial charge in [-0.1, -0.05) is 30.3 Å². The number of nitrogens with one attached hydrogen (secondary N) is 1. The van der Waals surface area contributed by atoms with Gasteiger partial charge in [0.15, 0.2) is 6.10 Å². The summed E-state index contributed by atoms with van der Waals surface area (Å²) in [6.07, 6.45) is -0.501. The Balaban J connectivity index is 1.52. The second kappa shape index (κ2) is 9.73. The van der Waals surface area contributed by atoms with Crippen molar-refractivity contribution in [2.45, 2.75) is 32.9 Å². The van der Waals surface area contributed by atoms with Gasteiger partial charge in [0.2, 0.25) is 5.91 Å². The highest BCUT2D eigenvalue weighted by atomic mass is 19.1. The van der Waals surface area contributed by atoms with Gasteiger partial charge in [0, 0.05) is 11.3 Å². The summed E-state index contributed by atoms with van der Waals surface area (Å²) in [6, 6.07) is 18.8. The van der Waals surface area contributed by atoms with Gasteiger partial charge in [-0.15, -0.1) is 0 Å². The highest BCUT2D eigenvalue weighted by Gasteiger charge is 2.32. The first-order valence-electron chi connectivity index (χ1n) is 10.8. The number of ether oxygens (including phenoxy) is 2. The number of amides is 2. The Hall–Kier alpha value is -3.87. The largest absolute Gasteiger partial charge is 0.494 e. The number of nitrogens with zero attached hydrogens (tertiary/aromatic N) is 1. The molecule has 33 heavy (non-hydrogen) atoms. The lowest BCUT2D eigenvalue weighted by Gasteiger charge is -2.33. The maximum atomic E-state index is 14.2. The van der Waals surface area contributed by atoms with E-state index in [-0.39, 0.29) is 30.6 Å². The van der Waals surface area contributed by atoms with E-state index in [1.54, 1.807) is 43.3 Å². The topological polar surface area (TPSA) is 67.9 Å². The van der Waals surface area contributed by atoms with Crippen LogP contribution in [0.1, 0.15) is 25.0 Å². The highest BCUT2D eigenvalue weighted by molar-refractivity contribution is 6.01. The van der Waals surface area contributed by atoms with E-state index in [4.69, 9.17) is 9.47 Å². The number of halogens is 1. The zero-order valence-electron chi connectivity index (χ0n) is 18.5. The van der Waals surface area contributed by atoms with Crippen molar-refractivity contribution >= 4 is 23.2 Å². The van der Waals surface area contributed by atoms with E-state index in [1.165, 1.54) is 11.0 Å². The SMILES string of the molecule is CCOc1ccc(CC(=O)Nc2ccc3c(c2)N(Cc2ccccc2F)C(=O)C(C)O3)cc1. The van der Waals surface area contributed by atoms with Gasteiger partial charge in [0.1, 0.15) is 17.3 Å². The number of carbonyl (C=O) groups is 2. The van der Waals surface area contributed by atoms with Crippen molar-refractivity contribution in [3.8, 4) is 11.5 Å². The molecule has 6 nitrogen and oxygen atoms in total. The smallest absolute Gasteiger partial charge is 0.268 e. The molecule has 3 aromatic rings. The Kier molecular flexibility index (Phi) is 6.58. The number of carbonyl (C=O) groups excluding carboxylic acids is 2. The molecule has 1 unspecified atom stereocenters. The maximum Gasteiger partial charge on any atom is 0.268 e. The molecule has 1 heterocycles. The van der Waals surface area contributed by atoms with Crippen molar-refractivity contribution < 1.29 is 23.5 Å². The second-order valence-electron chi connectivity index (χ2n) is 7.76. The molecule has 7 heteroatoms. The van der Waals surface area contributed by atoms with E-state index >= 15 is 0 Å². The third-order valence-corrected chi connectivity index (χ3v) is 5.34. The van der Waals surface area contributed by atoms with Crippen LogP contribution in [0, 0.1) is 5.82 Å². The monoisotopic (exact) mass is 448 g/mol. The molecule has 1 N–H and O–H groups in total. The molecule has 0 fully saturated rings. The summed E-state index contributed by atoms with van der Waals surface area (Å²) in [5.74, 6) is 0.402. The van der Waals surface area contributed by atoms with E-state index in [0.29, 0.717) is 29.3 Å². The molecule has 1 aliphatic heterocycles. The third-order valence-electron chi connectivity index (χ3n) is 5.34. The first-order chi connectivity index (χ1) is 15.9. The normalized spacial score (nSPS) is 14.9. The molecule has 2 amide bonds. The summed E-state index contributed by atoms with van der Waals surface area (Å²) in [6.45, 7) is 4.22. The lowest BCUT2D eigenvalue weighted by atomic mass is 10.1. The van der Waals surface area contributed by atoms with Gasteiger partial charge in [0.25, 0.3) is 5.91 Å². The van der Waals surface area contributed by atoms with Crippen LogP contribution >= 0.6 is 0 Å². The first kappa shape index (κ1) is 22.3. The summed E-state index contributed by atoms with van der Waals surface area (Å²) in [4.78, 5) is 26.9. The van der Waals surface area contributed by atoms with Crippen molar-refractivity contribution in [3.63, 3.8) is 0 Å². The van der Waals surface area contributed by atoms with Crippen LogP contribution in [0.3, 0.4) is 0 Å². The van der Waals surface area contributed by atoms with Crippen LogP contribution in [-0.2, 0) is 22.6 Å². The molecule has 0 spiro atoms. The molecule has 3 aromatic carbocycles. The zero-order chi connectivity index (χ0) is 23.4. The second-order valence-corrected chi connectivity index (χ2v) is 7.76. The first-order valence-corrected chi connectivity index (χ1v) is 10.8. The fourth-order valence-corrected chi connectivity index (χ4v) is 3.71. The molecule has 1 aliphatic rings. The summed E-state index contributed by atoms with van der Waals surface area (Å²) in [5, 5.41) is 2.86. The average molecular weight is 448 g/mol. The molecule has 0 bridgehead atoms. The quantitative estimate of drug-likeness (QED) is 0.568. The Morgan fingerprint density at radius 3 is 2.61 bits per heavy atom. The van der Waals surface area contributed by atoms with Crippen molar-refractivity contribution in [2.24, 2.45) is 0 Å². The minimum atomic E-state index is -0.690. The van der Waals surface area contributed by atoms with Crippen LogP contribution in [0.2, 0.25) is 0 Å². The van der Waals surface area contributed by atoms with Crippen LogP contribution in [-0.4, -0.2) is 24.5 Å². The Labute approximate surface area is 191 Å². The number of hydrogen-bond acceptors (Lipinski definition) is 4. The zero-order valence-corrected chi connectivity index (χ0v) is 18.5. The predicted octanol–water partition coefficient (Wildman–Crippen LogP) is 4.72. The molecule has 0 saturated carbocycles. The van der Waals surface area contributed by atoms with Crippen LogP contribution < -0.4 is 19.7 Å². The lowest BCUT2D eigenvalue weighted by Crippen LogP contribution is -2.44. The lowest BCUT2D eigenvalue weighted by molar-refractivity contribution is -0.125. The molecule has 0 saturated heterocycles. The molecular formula is C26H25FN2O4. The fraction of sp³-hybridized carbons (Fsp3) is 0.231. The molecule has 0 radical (unpaired) electrons. The number of anilines is 2. The fourth-order valence-electron chi connectivity index (χ4n) is 3.71. The van der Waals surface area contributed by atoms with Gasteiger partial charge in [-0.05, 0) is 55.8 Å². The van der Waals surface area contributed by atoms with Gasteiger partial charge in [-0.25, -0.2) is 4.39 Å². The molecule has 0 aliphatic carbocycles. The van der Waals surface area contributed by atoms with Crippen LogP contribution in [0.4, 0.5) is 15.8 Å². The van der Waals surface area contributed by atoms with Gasteiger partial charge in [0.05, 0.1) is 25.3 Å². The third kappa shape index (κ3) is 5.14. The minimum Gasteiger partial charge on any atom is -0.494 e. The standard InChI is InChI=1S/C26H25FN2O4/c1-3-32-21-11-8-18(9-12-21)14-25(30)28-20-10-13-24-23(15-20)29(26(31)17(2)33-24)16-19-6-4-5-7-22(19)27/h4-13,15,17H,3,14,16H2,1-2H3,(H,28,30). The van der Waals surface area contributed by atoms with Gasteiger partial charge in [-0.2, -0.15) is 0 Å². The summed E-state index contributed by atoms with van der Waals surface area (Å²) >= 11 is 0. The van der Waals surface area contributed by atoms with E-state index in [9.17, 15) is 14.0 Å². The van der Waals surface area contributed by atoms with Crippen molar-refractivity contribution in [1.29, 1.82) is 0 Å². The van der Waals surface area contributed by atoms with Gasteiger partial charge in [-0.3, -0.25) is 9.59 Å². The average Bonchev–Trinajstić information content (AvgIpc) is 2.80. The van der Waals surface area contributed by atoms with Crippen LogP contribution in [0.15, 0.2) is 66.7 Å². The molecule has 170 valence electrons. The number of fused-ring (bicyclic) bond motifs is 1. The summed E-state index contributed by atoms with van der Waals surface area (Å²) < 4.78 is 25.4. The summed E-state index contributed by atoms with van der Waals surface area (Å²) in [5.41, 5.74) is 2.26. The van der Waals surface area contributed by atoms with Crippen molar-refractivity contribution in [2.75, 3.05) is 16.8 Å². The van der Waals surface area contributed by atoms with Crippen LogP contribution in [0.25, 0.3) is 0 Å². The Morgan fingerprint density at radius 1 is 1.12 bits per heavy atom. The van der Waals surface area contributed by atoms with Gasteiger partial charge >= 0.3 is 0 Å². The van der Waals surface area contributed by atoms with Gasteiger partial charge < -0.3 is 19.7 Å². The van der Waals surface area contributed by atoms with E-state index in [0.717, 1.165) is 11.3 Å². The molecule has 0 aromatic heterocycles. The van der Waals surface area contributed by atoms with E-state index in [2.05, 4.69) is 5.32 Å². The summed E-state index contributed by atoms with van der Waals surface area (Å²) in [7, 11) is 0. The van der Waals surface area contributed by atoms with Crippen molar-refractivity contribution in [1.82, 2.24) is 0 Å². The molecule has 4 rings (SSSR count). The van der Waals surface area contributed by atoms with Crippen molar-refractivity contribution in [3.05, 3.63) is 83.7 Å². The number of rotatable bonds is 7. The number of benzene rings is 3. The molecular weight excluding hydrogens is 423 g/mol.